The smallest absolute Gasteiger partial charge is 0.220 e. The number of carbonyl (C=O) groups is 1. The molecular formula is C74H129NO3. The molecule has 0 aliphatic rings. The van der Waals surface area contributed by atoms with E-state index in [0.29, 0.717) is 6.42 Å². The second kappa shape index (κ2) is 68.1. The van der Waals surface area contributed by atoms with Crippen molar-refractivity contribution >= 4 is 5.91 Å². The molecule has 2 unspecified atom stereocenters. The highest BCUT2D eigenvalue weighted by Gasteiger charge is 2.18. The van der Waals surface area contributed by atoms with Crippen LogP contribution in [0.25, 0.3) is 0 Å². The maximum absolute atomic E-state index is 12.5. The molecule has 4 nitrogen and oxygen atoms in total. The second-order valence-corrected chi connectivity index (χ2v) is 22.5. The number of nitrogens with one attached hydrogen (secondary N) is 1. The van der Waals surface area contributed by atoms with Crippen LogP contribution in [-0.2, 0) is 4.79 Å². The monoisotopic (exact) mass is 1080 g/mol. The first-order chi connectivity index (χ1) is 38.7. The highest BCUT2D eigenvalue weighted by Crippen LogP contribution is 2.17. The molecule has 0 bridgehead atoms. The Kier molecular flexibility index (Phi) is 65.3. The third-order valence-corrected chi connectivity index (χ3v) is 14.9. The molecule has 0 rings (SSSR count). The minimum absolute atomic E-state index is 0.0752. The summed E-state index contributed by atoms with van der Waals surface area (Å²) in [6.07, 6.45) is 104. The molecule has 3 N–H and O–H groups in total. The summed E-state index contributed by atoms with van der Waals surface area (Å²) in [5, 5.41) is 23.2. The fraction of sp³-hybridized carbons (Fsp3) is 0.716. The number of amides is 1. The second-order valence-electron chi connectivity index (χ2n) is 22.5. The van der Waals surface area contributed by atoms with Crippen LogP contribution in [0.15, 0.2) is 122 Å². The number of carbonyl (C=O) groups excluding carboxylic acids is 1. The van der Waals surface area contributed by atoms with Gasteiger partial charge in [-0.1, -0.05) is 341 Å². The zero-order valence-electron chi connectivity index (χ0n) is 51.7. The van der Waals surface area contributed by atoms with E-state index in [1.165, 1.54) is 218 Å². The highest BCUT2D eigenvalue weighted by molar-refractivity contribution is 5.76. The first-order valence-electron chi connectivity index (χ1n) is 33.7. The fourth-order valence-corrected chi connectivity index (χ4v) is 9.86. The summed E-state index contributed by atoms with van der Waals surface area (Å²) < 4.78 is 0. The molecule has 0 heterocycles. The van der Waals surface area contributed by atoms with Crippen molar-refractivity contribution in [2.24, 2.45) is 0 Å². The molecule has 0 aromatic carbocycles. The van der Waals surface area contributed by atoms with Crippen molar-refractivity contribution in [3.05, 3.63) is 122 Å². The summed E-state index contributed by atoms with van der Waals surface area (Å²) in [5.41, 5.74) is 0. The lowest BCUT2D eigenvalue weighted by Crippen LogP contribution is -2.45. The van der Waals surface area contributed by atoms with E-state index < -0.39 is 12.1 Å². The lowest BCUT2D eigenvalue weighted by molar-refractivity contribution is -0.123. The maximum atomic E-state index is 12.5. The van der Waals surface area contributed by atoms with Gasteiger partial charge in [0.25, 0.3) is 0 Å². The minimum atomic E-state index is -0.870. The van der Waals surface area contributed by atoms with Gasteiger partial charge >= 0.3 is 0 Å². The van der Waals surface area contributed by atoms with Crippen LogP contribution >= 0.6 is 0 Å². The van der Waals surface area contributed by atoms with Crippen molar-refractivity contribution in [2.75, 3.05) is 6.61 Å². The van der Waals surface area contributed by atoms with Gasteiger partial charge in [-0.25, -0.2) is 0 Å². The van der Waals surface area contributed by atoms with E-state index in [-0.39, 0.29) is 12.5 Å². The Hall–Kier alpha value is -3.21. The molecule has 0 radical (unpaired) electrons. The first-order valence-corrected chi connectivity index (χ1v) is 33.7. The Morgan fingerprint density at radius 3 is 0.897 bits per heavy atom. The van der Waals surface area contributed by atoms with Crippen LogP contribution in [0.5, 0.6) is 0 Å². The predicted molar refractivity (Wildman–Crippen MR) is 349 cm³/mol. The molecule has 0 aliphatic heterocycles. The summed E-state index contributed by atoms with van der Waals surface area (Å²) in [6, 6.07) is -0.648. The summed E-state index contributed by atoms with van der Waals surface area (Å²) in [4.78, 5) is 12.5. The third kappa shape index (κ3) is 63.6. The van der Waals surface area contributed by atoms with Gasteiger partial charge in [0.05, 0.1) is 18.8 Å². The number of hydrogen-bond donors (Lipinski definition) is 3. The molecule has 0 fully saturated rings. The molecule has 0 saturated heterocycles. The Bertz CT molecular complexity index is 1510. The summed E-state index contributed by atoms with van der Waals surface area (Å²) in [7, 11) is 0. The standard InChI is InChI=1S/C74H129NO3/c1-3-5-7-9-11-13-15-17-19-21-23-25-27-29-31-32-33-34-35-36-37-38-39-40-41-42-44-46-48-50-52-54-56-58-60-62-64-66-68-70-74(78)75-72(71-76)73(77)69-67-65-63-61-59-57-55-53-51-49-47-45-43-30-28-26-24-22-20-18-16-14-12-10-8-6-4-2/h5,7,11,13,17,19,23,25,29,31,33-34,36-37,39-40,59,61,67,69,72-73,76-77H,3-4,6,8-10,12,14-16,18,20-22,24,26-28,30,32,35,38,41-58,60,62-66,68,70-71H2,1-2H3,(H,75,78)/b7-5-,13-11-,19-17-,25-23-,31-29-,34-33-,37-36-,40-39-,61-59+,69-67+. The van der Waals surface area contributed by atoms with Crippen LogP contribution in [0.3, 0.4) is 0 Å². The van der Waals surface area contributed by atoms with Gasteiger partial charge in [0, 0.05) is 6.42 Å². The number of rotatable bonds is 61. The van der Waals surface area contributed by atoms with Crippen LogP contribution < -0.4 is 5.32 Å². The zero-order chi connectivity index (χ0) is 56.2. The third-order valence-electron chi connectivity index (χ3n) is 14.9. The fourth-order valence-electron chi connectivity index (χ4n) is 9.86. The highest BCUT2D eigenvalue weighted by atomic mass is 16.3. The van der Waals surface area contributed by atoms with E-state index >= 15 is 0 Å². The quantitative estimate of drug-likeness (QED) is 0.0420. The van der Waals surface area contributed by atoms with E-state index in [0.717, 1.165) is 83.5 Å². The summed E-state index contributed by atoms with van der Waals surface area (Å²) >= 11 is 0. The van der Waals surface area contributed by atoms with Gasteiger partial charge in [0.1, 0.15) is 0 Å². The molecule has 4 heteroatoms. The number of aliphatic hydroxyl groups excluding tert-OH is 2. The number of aliphatic hydroxyl groups is 2. The zero-order valence-corrected chi connectivity index (χ0v) is 51.7. The molecule has 0 aromatic heterocycles. The van der Waals surface area contributed by atoms with Gasteiger partial charge in [-0.15, -0.1) is 0 Å². The summed E-state index contributed by atoms with van der Waals surface area (Å²) in [6.45, 7) is 4.20. The molecule has 0 saturated carbocycles. The molecule has 0 spiro atoms. The van der Waals surface area contributed by atoms with E-state index in [9.17, 15) is 15.0 Å². The Morgan fingerprint density at radius 2 is 0.577 bits per heavy atom. The minimum Gasteiger partial charge on any atom is -0.394 e. The van der Waals surface area contributed by atoms with Crippen molar-refractivity contribution in [2.45, 2.75) is 334 Å². The topological polar surface area (TPSA) is 69.6 Å². The number of allylic oxidation sites excluding steroid dienone is 19. The largest absolute Gasteiger partial charge is 0.394 e. The Balaban J connectivity index is 3.55. The number of hydrogen-bond acceptors (Lipinski definition) is 3. The van der Waals surface area contributed by atoms with Gasteiger partial charge in [-0.2, -0.15) is 0 Å². The van der Waals surface area contributed by atoms with Crippen LogP contribution in [0.2, 0.25) is 0 Å². The van der Waals surface area contributed by atoms with E-state index in [1.54, 1.807) is 6.08 Å². The van der Waals surface area contributed by atoms with Crippen LogP contribution in [0.4, 0.5) is 0 Å². The molecule has 448 valence electrons. The van der Waals surface area contributed by atoms with Gasteiger partial charge in [-0.3, -0.25) is 4.79 Å². The van der Waals surface area contributed by atoms with Crippen molar-refractivity contribution < 1.29 is 15.0 Å². The molecule has 0 aromatic rings. The van der Waals surface area contributed by atoms with E-state index in [1.807, 2.05) is 6.08 Å². The lowest BCUT2D eigenvalue weighted by atomic mass is 10.0. The lowest BCUT2D eigenvalue weighted by Gasteiger charge is -2.19. The molecule has 0 aliphatic carbocycles. The predicted octanol–water partition coefficient (Wildman–Crippen LogP) is 23.2. The van der Waals surface area contributed by atoms with Crippen LogP contribution in [-0.4, -0.2) is 34.9 Å². The van der Waals surface area contributed by atoms with Gasteiger partial charge < -0.3 is 15.5 Å². The van der Waals surface area contributed by atoms with Crippen molar-refractivity contribution in [3.63, 3.8) is 0 Å². The van der Waals surface area contributed by atoms with E-state index in [4.69, 9.17) is 0 Å². The van der Waals surface area contributed by atoms with Gasteiger partial charge in [0.2, 0.25) is 5.91 Å². The molecule has 78 heavy (non-hydrogen) atoms. The normalized spacial score (nSPS) is 13.5. The van der Waals surface area contributed by atoms with E-state index in [2.05, 4.69) is 129 Å². The van der Waals surface area contributed by atoms with Crippen molar-refractivity contribution in [1.29, 1.82) is 0 Å². The SMILES string of the molecule is CC/C=C\C/C=C\C/C=C\C/C=C\C/C=C\C/C=C\C/C=C\C/C=C\CCCCCCCCCCCCCCCCC(=O)NC(CO)C(O)/C=C/CC/C=C/CCCCCCCCCCCCCCCCCCCCCCC. The molecular weight excluding hydrogens is 951 g/mol. The van der Waals surface area contributed by atoms with Gasteiger partial charge in [0.15, 0.2) is 0 Å². The van der Waals surface area contributed by atoms with Crippen LogP contribution in [0, 0.1) is 0 Å². The average molecular weight is 1080 g/mol. The molecule has 2 atom stereocenters. The molecule has 1 amide bonds. The van der Waals surface area contributed by atoms with Crippen LogP contribution in [0.1, 0.15) is 322 Å². The summed E-state index contributed by atoms with van der Waals surface area (Å²) in [5.74, 6) is -0.0752. The maximum Gasteiger partial charge on any atom is 0.220 e. The number of unbranched alkanes of at least 4 members (excludes halogenated alkanes) is 36. The average Bonchev–Trinajstić information content (AvgIpc) is 3.44. The van der Waals surface area contributed by atoms with Crippen molar-refractivity contribution in [1.82, 2.24) is 5.32 Å². The van der Waals surface area contributed by atoms with Crippen molar-refractivity contribution in [3.8, 4) is 0 Å². The first kappa shape index (κ1) is 74.8. The Morgan fingerprint density at radius 1 is 0.321 bits per heavy atom. The Labute approximate surface area is 486 Å². The van der Waals surface area contributed by atoms with Gasteiger partial charge in [-0.05, 0) is 96.3 Å².